The van der Waals surface area contributed by atoms with Crippen LogP contribution in [0.5, 0.6) is 0 Å². The predicted molar refractivity (Wildman–Crippen MR) is 39.4 cm³/mol. The molecule has 2 heteroatoms. The number of likely N-dealkylation sites (N-methyl/N-ethyl adjacent to an activating group) is 1. The molecular formula is C7H15NO. The minimum atomic E-state index is 0.130. The standard InChI is InChI=1S/C7H15NO/c1-3-4-5-7(6-9)8-2/h4-5,7-9H,3,6H2,1-2H3/b5-4-. The summed E-state index contributed by atoms with van der Waals surface area (Å²) in [4.78, 5) is 0. The van der Waals surface area contributed by atoms with Gasteiger partial charge in [-0.2, -0.15) is 0 Å². The lowest BCUT2D eigenvalue weighted by atomic mass is 10.2. The topological polar surface area (TPSA) is 32.3 Å². The number of hydrogen-bond donors (Lipinski definition) is 2. The van der Waals surface area contributed by atoms with E-state index in [2.05, 4.69) is 12.2 Å². The Morgan fingerprint density at radius 1 is 1.67 bits per heavy atom. The predicted octanol–water partition coefficient (Wildman–Crippen LogP) is 0.533. The highest BCUT2D eigenvalue weighted by Crippen LogP contribution is 1.85. The number of aliphatic hydroxyl groups is 1. The monoisotopic (exact) mass is 129 g/mol. The fourth-order valence-corrected chi connectivity index (χ4v) is 0.549. The molecule has 0 aliphatic rings. The van der Waals surface area contributed by atoms with E-state index in [4.69, 9.17) is 5.11 Å². The van der Waals surface area contributed by atoms with Crippen molar-refractivity contribution in [2.45, 2.75) is 19.4 Å². The molecule has 0 saturated heterocycles. The van der Waals surface area contributed by atoms with Crippen LogP contribution in [0.25, 0.3) is 0 Å². The van der Waals surface area contributed by atoms with Crippen molar-refractivity contribution in [1.29, 1.82) is 0 Å². The van der Waals surface area contributed by atoms with Gasteiger partial charge in [0.25, 0.3) is 0 Å². The normalized spacial score (nSPS) is 14.6. The minimum Gasteiger partial charge on any atom is -0.394 e. The van der Waals surface area contributed by atoms with Gasteiger partial charge in [-0.25, -0.2) is 0 Å². The highest BCUT2D eigenvalue weighted by atomic mass is 16.3. The number of allylic oxidation sites excluding steroid dienone is 1. The number of nitrogens with one attached hydrogen (secondary N) is 1. The smallest absolute Gasteiger partial charge is 0.0620 e. The van der Waals surface area contributed by atoms with Gasteiger partial charge in [0.1, 0.15) is 0 Å². The fourth-order valence-electron chi connectivity index (χ4n) is 0.549. The lowest BCUT2D eigenvalue weighted by molar-refractivity contribution is 0.270. The van der Waals surface area contributed by atoms with E-state index in [9.17, 15) is 0 Å². The lowest BCUT2D eigenvalue weighted by Gasteiger charge is -2.05. The van der Waals surface area contributed by atoms with Crippen molar-refractivity contribution in [2.75, 3.05) is 13.7 Å². The van der Waals surface area contributed by atoms with Crippen LogP contribution in [-0.4, -0.2) is 24.8 Å². The first-order chi connectivity index (χ1) is 4.35. The van der Waals surface area contributed by atoms with Crippen LogP contribution >= 0.6 is 0 Å². The maximum Gasteiger partial charge on any atom is 0.0620 e. The molecule has 0 aromatic carbocycles. The highest BCUT2D eigenvalue weighted by Gasteiger charge is 1.94. The summed E-state index contributed by atoms with van der Waals surface area (Å²) in [5, 5.41) is 11.6. The Morgan fingerprint density at radius 3 is 2.67 bits per heavy atom. The van der Waals surface area contributed by atoms with Crippen LogP contribution < -0.4 is 5.32 Å². The van der Waals surface area contributed by atoms with Gasteiger partial charge in [0.2, 0.25) is 0 Å². The Balaban J connectivity index is 3.41. The number of aliphatic hydroxyl groups excluding tert-OH is 1. The Morgan fingerprint density at radius 2 is 2.33 bits per heavy atom. The summed E-state index contributed by atoms with van der Waals surface area (Å²) in [6.07, 6.45) is 5.04. The molecule has 0 fully saturated rings. The van der Waals surface area contributed by atoms with Crippen molar-refractivity contribution >= 4 is 0 Å². The van der Waals surface area contributed by atoms with Crippen LogP contribution in [0.3, 0.4) is 0 Å². The van der Waals surface area contributed by atoms with Gasteiger partial charge < -0.3 is 10.4 Å². The Hall–Kier alpha value is -0.340. The quantitative estimate of drug-likeness (QED) is 0.543. The van der Waals surface area contributed by atoms with Crippen LogP contribution in [0.15, 0.2) is 12.2 Å². The summed E-state index contributed by atoms with van der Waals surface area (Å²) in [6, 6.07) is 0.130. The second kappa shape index (κ2) is 5.79. The van der Waals surface area contributed by atoms with Crippen molar-refractivity contribution in [3.63, 3.8) is 0 Å². The van der Waals surface area contributed by atoms with Gasteiger partial charge in [0.15, 0.2) is 0 Å². The largest absolute Gasteiger partial charge is 0.394 e. The average molecular weight is 129 g/mol. The van der Waals surface area contributed by atoms with E-state index in [-0.39, 0.29) is 12.6 Å². The lowest BCUT2D eigenvalue weighted by Crippen LogP contribution is -2.26. The van der Waals surface area contributed by atoms with Crippen molar-refractivity contribution in [3.8, 4) is 0 Å². The first-order valence-electron chi connectivity index (χ1n) is 3.30. The zero-order valence-corrected chi connectivity index (χ0v) is 6.09. The zero-order valence-electron chi connectivity index (χ0n) is 6.09. The maximum absolute atomic E-state index is 8.64. The number of rotatable bonds is 4. The van der Waals surface area contributed by atoms with Crippen molar-refractivity contribution in [2.24, 2.45) is 0 Å². The maximum atomic E-state index is 8.64. The van der Waals surface area contributed by atoms with Gasteiger partial charge in [0, 0.05) is 6.04 Å². The van der Waals surface area contributed by atoms with Crippen molar-refractivity contribution in [3.05, 3.63) is 12.2 Å². The molecule has 2 nitrogen and oxygen atoms in total. The molecule has 0 aromatic rings. The van der Waals surface area contributed by atoms with Gasteiger partial charge in [-0.15, -0.1) is 0 Å². The minimum absolute atomic E-state index is 0.130. The van der Waals surface area contributed by atoms with Crippen LogP contribution in [0.2, 0.25) is 0 Å². The van der Waals surface area contributed by atoms with Crippen molar-refractivity contribution in [1.82, 2.24) is 5.32 Å². The van der Waals surface area contributed by atoms with Gasteiger partial charge in [-0.05, 0) is 13.5 Å². The summed E-state index contributed by atoms with van der Waals surface area (Å²) in [7, 11) is 1.83. The third-order valence-corrected chi connectivity index (χ3v) is 1.17. The van der Waals surface area contributed by atoms with Crippen LogP contribution in [0.1, 0.15) is 13.3 Å². The molecule has 0 heterocycles. The van der Waals surface area contributed by atoms with E-state index < -0.39 is 0 Å². The molecule has 0 radical (unpaired) electrons. The molecule has 0 aliphatic heterocycles. The molecule has 1 unspecified atom stereocenters. The molecule has 1 atom stereocenters. The Kier molecular flexibility index (Phi) is 5.57. The molecule has 2 N–H and O–H groups in total. The summed E-state index contributed by atoms with van der Waals surface area (Å²) >= 11 is 0. The van der Waals surface area contributed by atoms with E-state index in [0.717, 1.165) is 6.42 Å². The van der Waals surface area contributed by atoms with Crippen LogP contribution in [0.4, 0.5) is 0 Å². The first kappa shape index (κ1) is 8.66. The summed E-state index contributed by atoms with van der Waals surface area (Å²) in [5.74, 6) is 0. The Bertz CT molecular complexity index is 77.0. The summed E-state index contributed by atoms with van der Waals surface area (Å²) in [6.45, 7) is 2.24. The second-order valence-corrected chi connectivity index (χ2v) is 1.91. The van der Waals surface area contributed by atoms with Gasteiger partial charge in [-0.1, -0.05) is 19.1 Å². The van der Waals surface area contributed by atoms with Gasteiger partial charge >= 0.3 is 0 Å². The first-order valence-corrected chi connectivity index (χ1v) is 3.30. The van der Waals surface area contributed by atoms with E-state index in [0.29, 0.717) is 0 Å². The molecule has 0 bridgehead atoms. The number of hydrogen-bond acceptors (Lipinski definition) is 2. The van der Waals surface area contributed by atoms with E-state index in [1.54, 1.807) is 0 Å². The van der Waals surface area contributed by atoms with Crippen LogP contribution in [0, 0.1) is 0 Å². The second-order valence-electron chi connectivity index (χ2n) is 1.91. The highest BCUT2D eigenvalue weighted by molar-refractivity contribution is 4.91. The van der Waals surface area contributed by atoms with Gasteiger partial charge in [-0.3, -0.25) is 0 Å². The third kappa shape index (κ3) is 4.18. The SMILES string of the molecule is CC/C=C\C(CO)NC. The fraction of sp³-hybridized carbons (Fsp3) is 0.714. The molecule has 9 heavy (non-hydrogen) atoms. The summed E-state index contributed by atoms with van der Waals surface area (Å²) < 4.78 is 0. The van der Waals surface area contributed by atoms with E-state index in [1.165, 1.54) is 0 Å². The molecule has 54 valence electrons. The molecule has 0 spiro atoms. The molecule has 0 amide bonds. The Labute approximate surface area is 56.6 Å². The van der Waals surface area contributed by atoms with Crippen molar-refractivity contribution < 1.29 is 5.11 Å². The zero-order chi connectivity index (χ0) is 7.11. The van der Waals surface area contributed by atoms with E-state index >= 15 is 0 Å². The molecule has 0 aliphatic carbocycles. The molecule has 0 aromatic heterocycles. The van der Waals surface area contributed by atoms with Crippen LogP contribution in [-0.2, 0) is 0 Å². The summed E-state index contributed by atoms with van der Waals surface area (Å²) in [5.41, 5.74) is 0. The average Bonchev–Trinajstić information content (AvgIpc) is 1.91. The van der Waals surface area contributed by atoms with E-state index in [1.807, 2.05) is 19.2 Å². The molecule has 0 saturated carbocycles. The van der Waals surface area contributed by atoms with Gasteiger partial charge in [0.05, 0.1) is 6.61 Å². The molecular weight excluding hydrogens is 114 g/mol. The third-order valence-electron chi connectivity index (χ3n) is 1.17. The molecule has 0 rings (SSSR count).